The van der Waals surface area contributed by atoms with E-state index < -0.39 is 0 Å². The third-order valence-electron chi connectivity index (χ3n) is 3.76. The molecule has 0 amide bonds. The van der Waals surface area contributed by atoms with Gasteiger partial charge in [-0.05, 0) is 19.3 Å². The Morgan fingerprint density at radius 2 is 2.32 bits per heavy atom. The van der Waals surface area contributed by atoms with Crippen LogP contribution in [-0.4, -0.2) is 32.5 Å². The second-order valence-corrected chi connectivity index (χ2v) is 5.02. The van der Waals surface area contributed by atoms with Crippen molar-refractivity contribution < 1.29 is 10.0 Å². The van der Waals surface area contributed by atoms with Crippen LogP contribution < -0.4 is 5.32 Å². The standard InChI is InChI=1S/C12H20N4O3/c1-3-9-11(16(18)19)12(15(2)14-9)13-7-8-5-4-6-10(8)17/h8,10,13,17H,3-7H2,1-2H3. The van der Waals surface area contributed by atoms with Gasteiger partial charge in [-0.2, -0.15) is 5.10 Å². The van der Waals surface area contributed by atoms with E-state index in [9.17, 15) is 15.2 Å². The van der Waals surface area contributed by atoms with Crippen LogP contribution in [-0.2, 0) is 13.5 Å². The number of aliphatic hydroxyl groups is 1. The predicted molar refractivity (Wildman–Crippen MR) is 71.1 cm³/mol. The second kappa shape index (κ2) is 5.56. The lowest BCUT2D eigenvalue weighted by atomic mass is 10.1. The lowest BCUT2D eigenvalue weighted by Gasteiger charge is -2.15. The maximum absolute atomic E-state index is 11.1. The smallest absolute Gasteiger partial charge is 0.333 e. The van der Waals surface area contributed by atoms with E-state index in [1.54, 1.807) is 7.05 Å². The van der Waals surface area contributed by atoms with Gasteiger partial charge in [0.2, 0.25) is 5.82 Å². The molecular formula is C12H20N4O3. The highest BCUT2D eigenvalue weighted by Gasteiger charge is 2.29. The van der Waals surface area contributed by atoms with Crippen LogP contribution in [0.2, 0.25) is 0 Å². The van der Waals surface area contributed by atoms with Gasteiger partial charge in [0.1, 0.15) is 5.69 Å². The van der Waals surface area contributed by atoms with Crippen molar-refractivity contribution in [1.29, 1.82) is 0 Å². The number of nitro groups is 1. The SMILES string of the molecule is CCc1nn(C)c(NCC2CCCC2O)c1[N+](=O)[O-]. The molecule has 1 saturated carbocycles. The Hall–Kier alpha value is -1.63. The molecule has 0 radical (unpaired) electrons. The Bertz CT molecular complexity index is 472. The van der Waals surface area contributed by atoms with Gasteiger partial charge in [0, 0.05) is 19.5 Å². The summed E-state index contributed by atoms with van der Waals surface area (Å²) in [4.78, 5) is 10.7. The monoisotopic (exact) mass is 268 g/mol. The lowest BCUT2D eigenvalue weighted by Crippen LogP contribution is -2.23. The Labute approximate surface area is 111 Å². The van der Waals surface area contributed by atoms with Crippen molar-refractivity contribution in [2.24, 2.45) is 13.0 Å². The zero-order chi connectivity index (χ0) is 14.0. The molecule has 1 fully saturated rings. The Balaban J connectivity index is 2.15. The van der Waals surface area contributed by atoms with Crippen molar-refractivity contribution in [2.45, 2.75) is 38.7 Å². The van der Waals surface area contributed by atoms with Gasteiger partial charge < -0.3 is 10.4 Å². The quantitative estimate of drug-likeness (QED) is 0.623. The summed E-state index contributed by atoms with van der Waals surface area (Å²) < 4.78 is 1.51. The van der Waals surface area contributed by atoms with Crippen LogP contribution in [0.15, 0.2) is 0 Å². The van der Waals surface area contributed by atoms with Crippen LogP contribution in [0.1, 0.15) is 31.9 Å². The van der Waals surface area contributed by atoms with Crippen LogP contribution in [0.5, 0.6) is 0 Å². The van der Waals surface area contributed by atoms with E-state index in [0.717, 1.165) is 19.3 Å². The zero-order valence-corrected chi connectivity index (χ0v) is 11.3. The maximum Gasteiger partial charge on any atom is 0.333 e. The van der Waals surface area contributed by atoms with Gasteiger partial charge >= 0.3 is 5.69 Å². The number of hydrogen-bond donors (Lipinski definition) is 2. The summed E-state index contributed by atoms with van der Waals surface area (Å²) >= 11 is 0. The highest BCUT2D eigenvalue weighted by molar-refractivity contribution is 5.59. The lowest BCUT2D eigenvalue weighted by molar-refractivity contribution is -0.384. The van der Waals surface area contributed by atoms with Crippen LogP contribution in [0, 0.1) is 16.0 Å². The molecule has 1 aliphatic carbocycles. The summed E-state index contributed by atoms with van der Waals surface area (Å²) in [5, 5.41) is 28.2. The van der Waals surface area contributed by atoms with E-state index in [2.05, 4.69) is 10.4 Å². The molecule has 0 aliphatic heterocycles. The molecule has 0 saturated heterocycles. The third-order valence-corrected chi connectivity index (χ3v) is 3.76. The van der Waals surface area contributed by atoms with E-state index >= 15 is 0 Å². The fourth-order valence-corrected chi connectivity index (χ4v) is 2.68. The highest BCUT2D eigenvalue weighted by Crippen LogP contribution is 2.30. The summed E-state index contributed by atoms with van der Waals surface area (Å²) in [5.74, 6) is 0.598. The van der Waals surface area contributed by atoms with Gasteiger partial charge in [0.15, 0.2) is 0 Å². The van der Waals surface area contributed by atoms with Crippen molar-refractivity contribution in [1.82, 2.24) is 9.78 Å². The molecule has 0 bridgehead atoms. The van der Waals surface area contributed by atoms with E-state index in [-0.39, 0.29) is 22.6 Å². The minimum atomic E-state index is -0.390. The molecule has 7 heteroatoms. The fraction of sp³-hybridized carbons (Fsp3) is 0.750. The molecule has 19 heavy (non-hydrogen) atoms. The van der Waals surface area contributed by atoms with Gasteiger partial charge in [-0.1, -0.05) is 13.3 Å². The molecule has 7 nitrogen and oxygen atoms in total. The molecule has 0 aromatic carbocycles. The number of rotatable bonds is 5. The number of hydrogen-bond acceptors (Lipinski definition) is 5. The number of aliphatic hydroxyl groups excluding tert-OH is 1. The summed E-state index contributed by atoms with van der Waals surface area (Å²) in [6.07, 6.45) is 3.02. The van der Waals surface area contributed by atoms with Crippen molar-refractivity contribution >= 4 is 11.5 Å². The van der Waals surface area contributed by atoms with E-state index in [1.807, 2.05) is 6.92 Å². The van der Waals surface area contributed by atoms with Crippen molar-refractivity contribution in [3.05, 3.63) is 15.8 Å². The summed E-state index contributed by atoms with van der Waals surface area (Å²) in [6.45, 7) is 2.39. The minimum Gasteiger partial charge on any atom is -0.393 e. The minimum absolute atomic E-state index is 0.0532. The van der Waals surface area contributed by atoms with Gasteiger partial charge in [-0.15, -0.1) is 0 Å². The number of nitrogens with one attached hydrogen (secondary N) is 1. The van der Waals surface area contributed by atoms with Gasteiger partial charge in [-0.25, -0.2) is 4.68 Å². The first-order chi connectivity index (χ1) is 9.04. The van der Waals surface area contributed by atoms with E-state index in [1.165, 1.54) is 4.68 Å². The normalized spacial score (nSPS) is 22.7. The maximum atomic E-state index is 11.1. The Kier molecular flexibility index (Phi) is 4.04. The first-order valence-electron chi connectivity index (χ1n) is 6.66. The molecule has 2 atom stereocenters. The summed E-state index contributed by atoms with van der Waals surface area (Å²) in [6, 6.07) is 0. The first-order valence-corrected chi connectivity index (χ1v) is 6.66. The van der Waals surface area contributed by atoms with Gasteiger partial charge in [-0.3, -0.25) is 10.1 Å². The third kappa shape index (κ3) is 2.70. The molecular weight excluding hydrogens is 248 g/mol. The molecule has 0 spiro atoms. The van der Waals surface area contributed by atoms with E-state index in [4.69, 9.17) is 0 Å². The van der Waals surface area contributed by atoms with Crippen molar-refractivity contribution in [3.8, 4) is 0 Å². The highest BCUT2D eigenvalue weighted by atomic mass is 16.6. The largest absolute Gasteiger partial charge is 0.393 e. The summed E-state index contributed by atoms with van der Waals surface area (Å²) in [5.41, 5.74) is 0.541. The molecule has 1 aliphatic rings. The van der Waals surface area contributed by atoms with Crippen molar-refractivity contribution in [2.75, 3.05) is 11.9 Å². The average molecular weight is 268 g/mol. The fourth-order valence-electron chi connectivity index (χ4n) is 2.68. The molecule has 106 valence electrons. The summed E-state index contributed by atoms with van der Waals surface area (Å²) in [7, 11) is 1.69. The van der Waals surface area contributed by atoms with E-state index in [0.29, 0.717) is 24.5 Å². The Morgan fingerprint density at radius 3 is 2.84 bits per heavy atom. The molecule has 2 unspecified atom stereocenters. The van der Waals surface area contributed by atoms with Crippen molar-refractivity contribution in [3.63, 3.8) is 0 Å². The molecule has 1 aromatic rings. The zero-order valence-electron chi connectivity index (χ0n) is 11.3. The molecule has 2 N–H and O–H groups in total. The molecule has 1 heterocycles. The van der Waals surface area contributed by atoms with Crippen LogP contribution in [0.25, 0.3) is 0 Å². The predicted octanol–water partition coefficient (Wildman–Crippen LogP) is 1.46. The molecule has 1 aromatic heterocycles. The molecule has 2 rings (SSSR count). The van der Waals surface area contributed by atoms with Crippen LogP contribution >= 0.6 is 0 Å². The average Bonchev–Trinajstić information content (AvgIpc) is 2.90. The number of aryl methyl sites for hydroxylation is 2. The number of aromatic nitrogens is 2. The number of nitrogens with zero attached hydrogens (tertiary/aromatic N) is 3. The van der Waals surface area contributed by atoms with Crippen LogP contribution in [0.3, 0.4) is 0 Å². The van der Waals surface area contributed by atoms with Gasteiger partial charge in [0.25, 0.3) is 0 Å². The van der Waals surface area contributed by atoms with Crippen LogP contribution in [0.4, 0.5) is 11.5 Å². The topological polar surface area (TPSA) is 93.2 Å². The number of anilines is 1. The Morgan fingerprint density at radius 1 is 1.58 bits per heavy atom. The first kappa shape index (κ1) is 13.8. The second-order valence-electron chi connectivity index (χ2n) is 5.02. The van der Waals surface area contributed by atoms with Gasteiger partial charge in [0.05, 0.1) is 11.0 Å².